The Morgan fingerprint density at radius 3 is 2.94 bits per heavy atom. The van der Waals surface area contributed by atoms with Crippen LogP contribution in [0.1, 0.15) is 26.2 Å². The molecule has 0 aromatic heterocycles. The minimum absolute atomic E-state index is 0.113. The number of likely N-dealkylation sites (tertiary alicyclic amines) is 1. The lowest BCUT2D eigenvalue weighted by molar-refractivity contribution is -0.00957. The van der Waals surface area contributed by atoms with Crippen LogP contribution in [0.25, 0.3) is 0 Å². The molecule has 0 saturated carbocycles. The zero-order valence-corrected chi connectivity index (χ0v) is 10.4. The summed E-state index contributed by atoms with van der Waals surface area (Å²) in [4.78, 5) is 2.39. The highest BCUT2D eigenvalue weighted by molar-refractivity contribution is 4.73. The Morgan fingerprint density at radius 2 is 2.19 bits per heavy atom. The van der Waals surface area contributed by atoms with Gasteiger partial charge in [-0.15, -0.1) is 0 Å². The number of nitrogens with zero attached hydrogens (tertiary/aromatic N) is 1. The molecule has 0 aromatic carbocycles. The van der Waals surface area contributed by atoms with Crippen LogP contribution in [0.3, 0.4) is 0 Å². The topological polar surface area (TPSA) is 41.9 Å². The predicted molar refractivity (Wildman–Crippen MR) is 63.6 cm³/mol. The standard InChI is InChI=1S/C12H25NO3/c1-2-8-16-12-4-3-5-13(11-12)6-9-15-10-7-14/h12,14H,2-11H2,1H3. The molecule has 1 saturated heterocycles. The van der Waals surface area contributed by atoms with Crippen molar-refractivity contribution in [3.8, 4) is 0 Å². The monoisotopic (exact) mass is 231 g/mol. The van der Waals surface area contributed by atoms with Crippen molar-refractivity contribution in [3.63, 3.8) is 0 Å². The van der Waals surface area contributed by atoms with E-state index in [9.17, 15) is 0 Å². The Kier molecular flexibility index (Phi) is 7.76. The maximum Gasteiger partial charge on any atom is 0.0702 e. The van der Waals surface area contributed by atoms with Crippen molar-refractivity contribution < 1.29 is 14.6 Å². The molecule has 1 aliphatic rings. The van der Waals surface area contributed by atoms with E-state index in [0.29, 0.717) is 19.3 Å². The van der Waals surface area contributed by atoms with Crippen LogP contribution in [0.4, 0.5) is 0 Å². The third-order valence-electron chi connectivity index (χ3n) is 2.81. The lowest BCUT2D eigenvalue weighted by Gasteiger charge is -2.32. The van der Waals surface area contributed by atoms with Gasteiger partial charge in [0.05, 0.1) is 25.9 Å². The molecule has 1 fully saturated rings. The molecule has 1 N–H and O–H groups in total. The molecule has 0 aromatic rings. The van der Waals surface area contributed by atoms with Crippen molar-refractivity contribution >= 4 is 0 Å². The second-order valence-corrected chi connectivity index (χ2v) is 4.27. The van der Waals surface area contributed by atoms with E-state index in [1.807, 2.05) is 0 Å². The van der Waals surface area contributed by atoms with Crippen LogP contribution >= 0.6 is 0 Å². The Labute approximate surface area is 98.5 Å². The summed E-state index contributed by atoms with van der Waals surface area (Å²) >= 11 is 0. The highest BCUT2D eigenvalue weighted by Gasteiger charge is 2.19. The molecule has 0 amide bonds. The molecule has 1 atom stereocenters. The van der Waals surface area contributed by atoms with Crippen molar-refractivity contribution in [1.82, 2.24) is 4.90 Å². The molecule has 4 heteroatoms. The molecule has 0 aliphatic carbocycles. The van der Waals surface area contributed by atoms with Crippen molar-refractivity contribution in [3.05, 3.63) is 0 Å². The summed E-state index contributed by atoms with van der Waals surface area (Å²) in [6.07, 6.45) is 3.91. The van der Waals surface area contributed by atoms with Crippen LogP contribution in [0, 0.1) is 0 Å². The molecule has 1 unspecified atom stereocenters. The minimum Gasteiger partial charge on any atom is -0.394 e. The van der Waals surface area contributed by atoms with Gasteiger partial charge in [-0.3, -0.25) is 4.90 Å². The number of aliphatic hydroxyl groups excluding tert-OH is 1. The fraction of sp³-hybridized carbons (Fsp3) is 1.00. The second-order valence-electron chi connectivity index (χ2n) is 4.27. The summed E-state index contributed by atoms with van der Waals surface area (Å²) in [5, 5.41) is 8.58. The first kappa shape index (κ1) is 13.9. The van der Waals surface area contributed by atoms with Crippen molar-refractivity contribution in [2.75, 3.05) is 46.1 Å². The van der Waals surface area contributed by atoms with Crippen LogP contribution in [0.2, 0.25) is 0 Å². The minimum atomic E-state index is 0.113. The smallest absolute Gasteiger partial charge is 0.0702 e. The molecule has 4 nitrogen and oxygen atoms in total. The third-order valence-corrected chi connectivity index (χ3v) is 2.81. The van der Waals surface area contributed by atoms with Gasteiger partial charge in [0, 0.05) is 19.7 Å². The van der Waals surface area contributed by atoms with Crippen LogP contribution in [-0.4, -0.2) is 62.2 Å². The van der Waals surface area contributed by atoms with Gasteiger partial charge in [-0.25, -0.2) is 0 Å². The number of ether oxygens (including phenoxy) is 2. The lowest BCUT2D eigenvalue weighted by atomic mass is 10.1. The van der Waals surface area contributed by atoms with Gasteiger partial charge in [0.1, 0.15) is 0 Å². The quantitative estimate of drug-likeness (QED) is 0.630. The van der Waals surface area contributed by atoms with Gasteiger partial charge >= 0.3 is 0 Å². The maximum atomic E-state index is 8.58. The average Bonchev–Trinajstić information content (AvgIpc) is 2.33. The van der Waals surface area contributed by atoms with E-state index in [4.69, 9.17) is 14.6 Å². The largest absolute Gasteiger partial charge is 0.394 e. The summed E-state index contributed by atoms with van der Waals surface area (Å²) in [5.74, 6) is 0. The number of rotatable bonds is 8. The molecular weight excluding hydrogens is 206 g/mol. The number of piperidine rings is 1. The Hall–Kier alpha value is -0.160. The molecule has 1 aliphatic heterocycles. The van der Waals surface area contributed by atoms with E-state index in [1.165, 1.54) is 12.8 Å². The van der Waals surface area contributed by atoms with E-state index >= 15 is 0 Å². The number of hydrogen-bond acceptors (Lipinski definition) is 4. The highest BCUT2D eigenvalue weighted by atomic mass is 16.5. The third kappa shape index (κ3) is 5.80. The highest BCUT2D eigenvalue weighted by Crippen LogP contribution is 2.13. The first-order chi connectivity index (χ1) is 7.86. The normalized spacial score (nSPS) is 22.5. The average molecular weight is 231 g/mol. The Morgan fingerprint density at radius 1 is 1.31 bits per heavy atom. The molecule has 0 radical (unpaired) electrons. The second kappa shape index (κ2) is 8.93. The van der Waals surface area contributed by atoms with Crippen LogP contribution < -0.4 is 0 Å². The summed E-state index contributed by atoms with van der Waals surface area (Å²) in [7, 11) is 0. The van der Waals surface area contributed by atoms with Gasteiger partial charge in [0.15, 0.2) is 0 Å². The zero-order chi connectivity index (χ0) is 11.6. The van der Waals surface area contributed by atoms with Gasteiger partial charge < -0.3 is 14.6 Å². The van der Waals surface area contributed by atoms with Gasteiger partial charge in [0.25, 0.3) is 0 Å². The van der Waals surface area contributed by atoms with Crippen LogP contribution in [0.15, 0.2) is 0 Å². The van der Waals surface area contributed by atoms with Gasteiger partial charge in [-0.1, -0.05) is 6.92 Å². The zero-order valence-electron chi connectivity index (χ0n) is 10.4. The van der Waals surface area contributed by atoms with E-state index in [0.717, 1.165) is 32.7 Å². The first-order valence-electron chi connectivity index (χ1n) is 6.39. The van der Waals surface area contributed by atoms with Gasteiger partial charge in [0.2, 0.25) is 0 Å². The van der Waals surface area contributed by atoms with E-state index < -0.39 is 0 Å². The summed E-state index contributed by atoms with van der Waals surface area (Å²) in [6, 6.07) is 0. The number of hydrogen-bond donors (Lipinski definition) is 1. The summed E-state index contributed by atoms with van der Waals surface area (Å²) < 4.78 is 11.0. The molecular formula is C12H25NO3. The van der Waals surface area contributed by atoms with Crippen LogP contribution in [0.5, 0.6) is 0 Å². The fourth-order valence-electron chi connectivity index (χ4n) is 2.00. The van der Waals surface area contributed by atoms with Gasteiger partial charge in [-0.2, -0.15) is 0 Å². The lowest BCUT2D eigenvalue weighted by Crippen LogP contribution is -2.41. The maximum absolute atomic E-state index is 8.58. The van der Waals surface area contributed by atoms with E-state index in [1.54, 1.807) is 0 Å². The molecule has 0 spiro atoms. The predicted octanol–water partition coefficient (Wildman–Crippen LogP) is 0.886. The molecule has 1 rings (SSSR count). The Balaban J connectivity index is 2.07. The first-order valence-corrected chi connectivity index (χ1v) is 6.39. The Bertz CT molecular complexity index is 166. The van der Waals surface area contributed by atoms with E-state index in [2.05, 4.69) is 11.8 Å². The SMILES string of the molecule is CCCOC1CCCN(CCOCCO)C1. The summed E-state index contributed by atoms with van der Waals surface area (Å²) in [5.41, 5.74) is 0. The van der Waals surface area contributed by atoms with Crippen molar-refractivity contribution in [1.29, 1.82) is 0 Å². The molecule has 16 heavy (non-hydrogen) atoms. The van der Waals surface area contributed by atoms with Crippen LogP contribution in [-0.2, 0) is 9.47 Å². The fourth-order valence-corrected chi connectivity index (χ4v) is 2.00. The molecule has 1 heterocycles. The summed E-state index contributed by atoms with van der Waals surface area (Å²) in [6.45, 7) is 7.42. The number of aliphatic hydroxyl groups is 1. The van der Waals surface area contributed by atoms with Gasteiger partial charge in [-0.05, 0) is 25.8 Å². The van der Waals surface area contributed by atoms with E-state index in [-0.39, 0.29) is 6.61 Å². The van der Waals surface area contributed by atoms with Crippen molar-refractivity contribution in [2.24, 2.45) is 0 Å². The molecule has 0 bridgehead atoms. The van der Waals surface area contributed by atoms with Crippen molar-refractivity contribution in [2.45, 2.75) is 32.3 Å². The molecule has 96 valence electrons.